The molecule has 2 amide bonds. The quantitative estimate of drug-likeness (QED) is 0.0833. The van der Waals surface area contributed by atoms with Crippen molar-refractivity contribution in [2.24, 2.45) is 0 Å². The molecule has 1 aromatic heterocycles. The van der Waals surface area contributed by atoms with Crippen LogP contribution in [0.5, 0.6) is 0 Å². The van der Waals surface area contributed by atoms with E-state index < -0.39 is 18.3 Å². The van der Waals surface area contributed by atoms with E-state index in [0.29, 0.717) is 23.7 Å². The molecule has 1 aliphatic rings. The summed E-state index contributed by atoms with van der Waals surface area (Å²) in [5.74, 6) is 0.0924. The Balaban J connectivity index is 1.26. The number of carbonyl (C=O) groups excluding carboxylic acids is 2. The Bertz CT molecular complexity index is 1600. The first-order valence-electron chi connectivity index (χ1n) is 15.1. The Morgan fingerprint density at radius 3 is 2.46 bits per heavy atom. The third kappa shape index (κ3) is 9.07. The van der Waals surface area contributed by atoms with Crippen LogP contribution in [-0.2, 0) is 32.2 Å². The molecule has 11 heteroatoms. The number of thioether (sulfide) groups is 1. The van der Waals surface area contributed by atoms with Gasteiger partial charge in [0, 0.05) is 36.4 Å². The molecule has 0 saturated carbocycles. The fraction of sp³-hybridized carbons (Fsp3) is 0.286. The molecule has 240 valence electrons. The number of aliphatic hydroxyl groups is 1. The lowest BCUT2D eigenvalue weighted by atomic mass is 9.99. The fourth-order valence-electron chi connectivity index (χ4n) is 5.03. The molecular weight excluding hydrogens is 606 g/mol. The summed E-state index contributed by atoms with van der Waals surface area (Å²) in [6.07, 6.45) is 1.08. The zero-order valence-corrected chi connectivity index (χ0v) is 26.3. The summed E-state index contributed by atoms with van der Waals surface area (Å²) in [4.78, 5) is 23.5. The zero-order valence-electron chi connectivity index (χ0n) is 25.5. The molecule has 0 bridgehead atoms. The molecule has 3 atom stereocenters. The summed E-state index contributed by atoms with van der Waals surface area (Å²) in [5, 5.41) is 27.5. The number of nitrogens with one attached hydrogen (secondary N) is 2. The van der Waals surface area contributed by atoms with Crippen LogP contribution in [0.2, 0.25) is 0 Å². The lowest BCUT2D eigenvalue weighted by Gasteiger charge is -2.36. The molecule has 1 saturated heterocycles. The van der Waals surface area contributed by atoms with Crippen molar-refractivity contribution in [1.29, 1.82) is 0 Å². The summed E-state index contributed by atoms with van der Waals surface area (Å²) in [6, 6.07) is 28.5. The number of esters is 1. The standard InChI is InChI=1S/C35H37N3O7S/c1-2-43-33(40)21-37-35(41)36-20-25-6-5-7-29(18-25)26-13-15-28(16-14-26)34-44-30(23-46-32-8-3-4-17-38(32)42)19-31(45-34)27-11-9-24(22-39)10-12-27/h3-18,30-31,34,39H,2,19-23H2,1H3,(H2,36,37,41)/t30-,31+,34+/m1/s1. The van der Waals surface area contributed by atoms with Crippen molar-refractivity contribution in [3.05, 3.63) is 125 Å². The summed E-state index contributed by atoms with van der Waals surface area (Å²) in [7, 11) is 0. The third-order valence-electron chi connectivity index (χ3n) is 7.42. The van der Waals surface area contributed by atoms with Crippen LogP contribution in [0.4, 0.5) is 4.79 Å². The number of hydrogen-bond acceptors (Lipinski definition) is 8. The zero-order chi connectivity index (χ0) is 32.3. The predicted molar refractivity (Wildman–Crippen MR) is 173 cm³/mol. The highest BCUT2D eigenvalue weighted by molar-refractivity contribution is 7.99. The number of aliphatic hydroxyl groups excluding tert-OH is 1. The van der Waals surface area contributed by atoms with Gasteiger partial charge in [-0.1, -0.05) is 78.5 Å². The molecule has 5 rings (SSSR count). The Morgan fingerprint density at radius 2 is 1.72 bits per heavy atom. The summed E-state index contributed by atoms with van der Waals surface area (Å²) >= 11 is 1.45. The van der Waals surface area contributed by atoms with E-state index in [1.54, 1.807) is 19.1 Å². The minimum absolute atomic E-state index is 0.0265. The second-order valence-corrected chi connectivity index (χ2v) is 11.7. The Labute approximate surface area is 272 Å². The maximum atomic E-state index is 12.2. The maximum absolute atomic E-state index is 12.2. The first-order chi connectivity index (χ1) is 22.4. The van der Waals surface area contributed by atoms with Crippen LogP contribution >= 0.6 is 11.8 Å². The second kappa shape index (κ2) is 16.2. The molecule has 10 nitrogen and oxygen atoms in total. The summed E-state index contributed by atoms with van der Waals surface area (Å²) in [5.41, 5.74) is 5.56. The van der Waals surface area contributed by atoms with Gasteiger partial charge in [0.15, 0.2) is 12.5 Å². The van der Waals surface area contributed by atoms with Crippen molar-refractivity contribution in [3.8, 4) is 11.1 Å². The van der Waals surface area contributed by atoms with Crippen molar-refractivity contribution >= 4 is 23.8 Å². The highest BCUT2D eigenvalue weighted by atomic mass is 32.2. The van der Waals surface area contributed by atoms with Crippen molar-refractivity contribution in [3.63, 3.8) is 0 Å². The molecule has 0 unspecified atom stereocenters. The molecule has 1 fully saturated rings. The van der Waals surface area contributed by atoms with E-state index in [9.17, 15) is 19.9 Å². The average Bonchev–Trinajstić information content (AvgIpc) is 3.10. The Morgan fingerprint density at radius 1 is 0.935 bits per heavy atom. The lowest BCUT2D eigenvalue weighted by Crippen LogP contribution is -2.38. The number of hydrogen-bond donors (Lipinski definition) is 3. The number of rotatable bonds is 12. The van der Waals surface area contributed by atoms with E-state index in [0.717, 1.165) is 38.1 Å². The van der Waals surface area contributed by atoms with E-state index >= 15 is 0 Å². The minimum Gasteiger partial charge on any atom is -0.618 e. The molecule has 0 radical (unpaired) electrons. The molecule has 4 aromatic rings. The van der Waals surface area contributed by atoms with Crippen LogP contribution in [0.3, 0.4) is 0 Å². The monoisotopic (exact) mass is 643 g/mol. The lowest BCUT2D eigenvalue weighted by molar-refractivity contribution is -0.645. The third-order valence-corrected chi connectivity index (χ3v) is 8.57. The highest BCUT2D eigenvalue weighted by Gasteiger charge is 2.32. The largest absolute Gasteiger partial charge is 0.618 e. The molecule has 3 N–H and O–H groups in total. The molecule has 1 aliphatic heterocycles. The number of pyridine rings is 1. The van der Waals surface area contributed by atoms with Gasteiger partial charge in [-0.15, -0.1) is 0 Å². The average molecular weight is 644 g/mol. The van der Waals surface area contributed by atoms with Gasteiger partial charge >= 0.3 is 12.0 Å². The number of nitrogens with zero attached hydrogens (tertiary/aromatic N) is 1. The van der Waals surface area contributed by atoms with E-state index in [4.69, 9.17) is 14.2 Å². The first kappa shape index (κ1) is 33.0. The van der Waals surface area contributed by atoms with Crippen LogP contribution < -0.4 is 15.4 Å². The summed E-state index contributed by atoms with van der Waals surface area (Å²) in [6.45, 7) is 2.04. The normalized spacial score (nSPS) is 17.7. The van der Waals surface area contributed by atoms with Crippen LogP contribution in [0.15, 0.2) is 102 Å². The smallest absolute Gasteiger partial charge is 0.325 e. The van der Waals surface area contributed by atoms with Gasteiger partial charge < -0.3 is 35.2 Å². The van der Waals surface area contributed by atoms with Crippen LogP contribution in [-0.4, -0.2) is 42.1 Å². The van der Waals surface area contributed by atoms with Gasteiger partial charge in [0.05, 0.1) is 25.4 Å². The number of ether oxygens (including phenoxy) is 3. The molecular formula is C35H37N3O7S. The van der Waals surface area contributed by atoms with Crippen molar-refractivity contribution in [2.75, 3.05) is 18.9 Å². The van der Waals surface area contributed by atoms with Gasteiger partial charge in [-0.05, 0) is 46.9 Å². The van der Waals surface area contributed by atoms with Gasteiger partial charge in [-0.3, -0.25) is 4.79 Å². The number of aromatic nitrogens is 1. The van der Waals surface area contributed by atoms with Crippen LogP contribution in [0.25, 0.3) is 11.1 Å². The van der Waals surface area contributed by atoms with E-state index in [1.807, 2.05) is 78.9 Å². The van der Waals surface area contributed by atoms with Gasteiger partial charge in [-0.2, -0.15) is 4.73 Å². The SMILES string of the molecule is CCOC(=O)CNC(=O)NCc1cccc(-c2ccc([C@H]3O[C@@H](CSc4cccc[n+]4[O-])C[C@@H](c4ccc(CO)cc4)O3)cc2)c1. The topological polar surface area (TPSA) is 133 Å². The van der Waals surface area contributed by atoms with E-state index in [2.05, 4.69) is 10.6 Å². The van der Waals surface area contributed by atoms with Gasteiger partial charge in [0.1, 0.15) is 6.54 Å². The molecule has 46 heavy (non-hydrogen) atoms. The Kier molecular flexibility index (Phi) is 11.6. The molecule has 2 heterocycles. The Hall–Kier alpha value is -4.42. The first-order valence-corrected chi connectivity index (χ1v) is 16.1. The molecule has 0 spiro atoms. The summed E-state index contributed by atoms with van der Waals surface area (Å²) < 4.78 is 18.6. The predicted octanol–water partition coefficient (Wildman–Crippen LogP) is 5.18. The number of benzene rings is 3. The molecule has 0 aliphatic carbocycles. The van der Waals surface area contributed by atoms with Gasteiger partial charge in [-0.25, -0.2) is 4.79 Å². The maximum Gasteiger partial charge on any atom is 0.325 e. The van der Waals surface area contributed by atoms with Crippen LogP contribution in [0, 0.1) is 5.21 Å². The minimum atomic E-state index is -0.616. The number of amides is 2. The molecule has 3 aromatic carbocycles. The fourth-order valence-corrected chi connectivity index (χ4v) is 5.96. The highest BCUT2D eigenvalue weighted by Crippen LogP contribution is 2.39. The van der Waals surface area contributed by atoms with Crippen molar-refractivity contribution in [2.45, 2.75) is 50.0 Å². The van der Waals surface area contributed by atoms with E-state index in [-0.39, 0.29) is 32.0 Å². The van der Waals surface area contributed by atoms with E-state index in [1.165, 1.54) is 18.0 Å². The van der Waals surface area contributed by atoms with Crippen molar-refractivity contribution < 1.29 is 33.6 Å². The van der Waals surface area contributed by atoms with Crippen molar-refractivity contribution in [1.82, 2.24) is 10.6 Å². The second-order valence-electron chi connectivity index (χ2n) is 10.7. The number of urea groups is 1. The number of carbonyl (C=O) groups is 2. The van der Waals surface area contributed by atoms with Gasteiger partial charge in [0.2, 0.25) is 0 Å². The van der Waals surface area contributed by atoms with Gasteiger partial charge in [0.25, 0.3) is 5.03 Å². The van der Waals surface area contributed by atoms with Crippen LogP contribution in [0.1, 0.15) is 48.0 Å².